The minimum Gasteiger partial charge on any atom is -0.507 e. The van der Waals surface area contributed by atoms with Crippen molar-refractivity contribution in [2.45, 2.75) is 20.3 Å². The molecule has 5 heteroatoms. The minimum atomic E-state index is 0.205. The van der Waals surface area contributed by atoms with Crippen molar-refractivity contribution < 1.29 is 9.84 Å². The number of phenolic OH excluding ortho intramolecular Hbond substituents is 1. The van der Waals surface area contributed by atoms with Gasteiger partial charge in [-0.15, -0.1) is 11.3 Å². The third kappa shape index (κ3) is 4.86. The van der Waals surface area contributed by atoms with Crippen LogP contribution in [0.5, 0.6) is 11.5 Å². The fraction of sp³-hybridized carbons (Fsp3) is 0.200. The molecule has 1 N–H and O–H groups in total. The summed E-state index contributed by atoms with van der Waals surface area (Å²) in [5, 5.41) is 11.1. The summed E-state index contributed by atoms with van der Waals surface area (Å²) in [7, 11) is 0. The van der Waals surface area contributed by atoms with Crippen molar-refractivity contribution in [2.75, 3.05) is 6.61 Å². The number of phenols is 1. The molecule has 0 amide bonds. The van der Waals surface area contributed by atoms with Crippen molar-refractivity contribution in [2.24, 2.45) is 10.9 Å². The van der Waals surface area contributed by atoms with Crippen LogP contribution in [0.25, 0.3) is 20.8 Å². The van der Waals surface area contributed by atoms with Crippen LogP contribution in [0.15, 0.2) is 71.7 Å². The summed E-state index contributed by atoms with van der Waals surface area (Å²) >= 11 is 1.56. The average molecular weight is 417 g/mol. The lowest BCUT2D eigenvalue weighted by atomic mass is 10.1. The lowest BCUT2D eigenvalue weighted by Crippen LogP contribution is -2.01. The van der Waals surface area contributed by atoms with Gasteiger partial charge in [-0.25, -0.2) is 4.98 Å². The van der Waals surface area contributed by atoms with Crippen molar-refractivity contribution in [1.82, 2.24) is 4.98 Å². The first kappa shape index (κ1) is 20.1. The summed E-state index contributed by atoms with van der Waals surface area (Å²) in [5.41, 5.74) is 3.38. The van der Waals surface area contributed by atoms with E-state index in [0.29, 0.717) is 11.5 Å². The predicted molar refractivity (Wildman–Crippen MR) is 125 cm³/mol. The molecule has 152 valence electrons. The molecule has 0 bridgehead atoms. The van der Waals surface area contributed by atoms with E-state index in [2.05, 4.69) is 23.8 Å². The molecule has 0 spiro atoms. The molecule has 0 radical (unpaired) electrons. The highest BCUT2D eigenvalue weighted by molar-refractivity contribution is 7.21. The zero-order valence-corrected chi connectivity index (χ0v) is 17.9. The molecular weight excluding hydrogens is 392 g/mol. The van der Waals surface area contributed by atoms with Crippen molar-refractivity contribution in [3.63, 3.8) is 0 Å². The molecule has 1 heterocycles. The monoisotopic (exact) mass is 416 g/mol. The van der Waals surface area contributed by atoms with E-state index in [4.69, 9.17) is 4.74 Å². The van der Waals surface area contributed by atoms with Crippen LogP contribution < -0.4 is 4.74 Å². The summed E-state index contributed by atoms with van der Waals surface area (Å²) in [5.74, 6) is 1.71. The Kier molecular flexibility index (Phi) is 6.10. The van der Waals surface area contributed by atoms with Gasteiger partial charge in [-0.2, -0.15) is 0 Å². The van der Waals surface area contributed by atoms with Crippen LogP contribution in [0, 0.1) is 5.92 Å². The maximum absolute atomic E-state index is 10.3. The standard InChI is InChI=1S/C25H24N2O2S/c1-17(2)13-14-29-20-10-7-18(8-11-20)16-26-19-9-12-23(28)21(15-19)25-27-22-5-3-4-6-24(22)30-25/h3-12,15-17,28H,13-14H2,1-2H3. The molecule has 0 atom stereocenters. The highest BCUT2D eigenvalue weighted by atomic mass is 32.1. The Morgan fingerprint density at radius 2 is 1.87 bits per heavy atom. The smallest absolute Gasteiger partial charge is 0.128 e. The van der Waals surface area contributed by atoms with E-state index >= 15 is 0 Å². The van der Waals surface area contributed by atoms with E-state index < -0.39 is 0 Å². The molecule has 4 rings (SSSR count). The number of rotatable bonds is 7. The summed E-state index contributed by atoms with van der Waals surface area (Å²) in [4.78, 5) is 9.21. The minimum absolute atomic E-state index is 0.205. The molecule has 1 aromatic heterocycles. The summed E-state index contributed by atoms with van der Waals surface area (Å²) < 4.78 is 6.85. The van der Waals surface area contributed by atoms with Crippen LogP contribution in [0.4, 0.5) is 5.69 Å². The van der Waals surface area contributed by atoms with Gasteiger partial charge < -0.3 is 9.84 Å². The van der Waals surface area contributed by atoms with Gasteiger partial charge in [0, 0.05) is 6.21 Å². The van der Waals surface area contributed by atoms with Gasteiger partial charge in [0.05, 0.1) is 28.1 Å². The average Bonchev–Trinajstić information content (AvgIpc) is 3.18. The van der Waals surface area contributed by atoms with Gasteiger partial charge >= 0.3 is 0 Å². The van der Waals surface area contributed by atoms with Gasteiger partial charge in [0.2, 0.25) is 0 Å². The first-order valence-electron chi connectivity index (χ1n) is 10.0. The zero-order valence-electron chi connectivity index (χ0n) is 17.1. The second kappa shape index (κ2) is 9.09. The predicted octanol–water partition coefficient (Wildman–Crippen LogP) is 6.84. The number of thiazole rings is 1. The van der Waals surface area contributed by atoms with Gasteiger partial charge in [0.25, 0.3) is 0 Å². The van der Waals surface area contributed by atoms with Crippen molar-refractivity contribution in [3.05, 3.63) is 72.3 Å². The summed E-state index contributed by atoms with van der Waals surface area (Å²) in [6.07, 6.45) is 2.85. The van der Waals surface area contributed by atoms with Gasteiger partial charge in [-0.05, 0) is 72.5 Å². The number of aromatic nitrogens is 1. The van der Waals surface area contributed by atoms with Crippen LogP contribution in [-0.2, 0) is 0 Å². The van der Waals surface area contributed by atoms with Gasteiger partial charge in [-0.1, -0.05) is 26.0 Å². The molecule has 4 aromatic rings. The Morgan fingerprint density at radius 1 is 1.07 bits per heavy atom. The molecule has 0 saturated carbocycles. The molecule has 30 heavy (non-hydrogen) atoms. The number of hydrogen-bond acceptors (Lipinski definition) is 5. The number of benzene rings is 3. The number of para-hydroxylation sites is 1. The van der Waals surface area contributed by atoms with E-state index in [0.717, 1.165) is 45.3 Å². The molecule has 0 aliphatic rings. The normalized spacial score (nSPS) is 11.6. The molecule has 0 fully saturated rings. The van der Waals surface area contributed by atoms with Gasteiger partial charge in [0.1, 0.15) is 16.5 Å². The molecule has 3 aromatic carbocycles. The van der Waals surface area contributed by atoms with Crippen LogP contribution in [-0.4, -0.2) is 22.9 Å². The molecular formula is C25H24N2O2S. The number of fused-ring (bicyclic) bond motifs is 1. The van der Waals surface area contributed by atoms with Crippen molar-refractivity contribution in [3.8, 4) is 22.1 Å². The molecule has 0 unspecified atom stereocenters. The largest absolute Gasteiger partial charge is 0.507 e. The Bertz CT molecular complexity index is 1130. The number of nitrogens with zero attached hydrogens (tertiary/aromatic N) is 2. The first-order valence-corrected chi connectivity index (χ1v) is 10.9. The third-order valence-electron chi connectivity index (χ3n) is 4.71. The lowest BCUT2D eigenvalue weighted by molar-refractivity contribution is 0.289. The number of aliphatic imine (C=N–C) groups is 1. The Morgan fingerprint density at radius 3 is 2.63 bits per heavy atom. The zero-order chi connectivity index (χ0) is 20.9. The maximum atomic E-state index is 10.3. The van der Waals surface area contributed by atoms with E-state index in [-0.39, 0.29) is 5.75 Å². The van der Waals surface area contributed by atoms with Crippen LogP contribution in [0.2, 0.25) is 0 Å². The quantitative estimate of drug-likeness (QED) is 0.335. The Labute approximate surface area is 180 Å². The van der Waals surface area contributed by atoms with Gasteiger partial charge in [0.15, 0.2) is 0 Å². The Hall–Kier alpha value is -3.18. The second-order valence-electron chi connectivity index (χ2n) is 7.55. The number of ether oxygens (including phenoxy) is 1. The van der Waals surface area contributed by atoms with E-state index in [1.807, 2.05) is 60.8 Å². The second-order valence-corrected chi connectivity index (χ2v) is 8.58. The van der Waals surface area contributed by atoms with Crippen molar-refractivity contribution >= 4 is 33.5 Å². The Balaban J connectivity index is 1.49. The van der Waals surface area contributed by atoms with E-state index in [1.165, 1.54) is 0 Å². The highest BCUT2D eigenvalue weighted by Crippen LogP contribution is 2.37. The third-order valence-corrected chi connectivity index (χ3v) is 5.78. The SMILES string of the molecule is CC(C)CCOc1ccc(C=Nc2ccc(O)c(-c3nc4ccccc4s3)c2)cc1. The lowest BCUT2D eigenvalue weighted by Gasteiger charge is -2.08. The van der Waals surface area contributed by atoms with Gasteiger partial charge in [-0.3, -0.25) is 4.99 Å². The number of aromatic hydroxyl groups is 1. The first-order chi connectivity index (χ1) is 14.6. The maximum Gasteiger partial charge on any atom is 0.128 e. The van der Waals surface area contributed by atoms with Crippen LogP contribution >= 0.6 is 11.3 Å². The number of hydrogen-bond donors (Lipinski definition) is 1. The fourth-order valence-corrected chi connectivity index (χ4v) is 3.97. The summed E-state index contributed by atoms with van der Waals surface area (Å²) in [6, 6.07) is 21.2. The molecule has 0 aliphatic carbocycles. The van der Waals surface area contributed by atoms with Crippen LogP contribution in [0.1, 0.15) is 25.8 Å². The molecule has 0 saturated heterocycles. The molecule has 4 nitrogen and oxygen atoms in total. The summed E-state index contributed by atoms with van der Waals surface area (Å²) in [6.45, 7) is 5.11. The fourth-order valence-electron chi connectivity index (χ4n) is 2.97. The van der Waals surface area contributed by atoms with Crippen molar-refractivity contribution in [1.29, 1.82) is 0 Å². The highest BCUT2D eigenvalue weighted by Gasteiger charge is 2.11. The van der Waals surface area contributed by atoms with E-state index in [1.54, 1.807) is 23.5 Å². The topological polar surface area (TPSA) is 54.7 Å². The van der Waals surface area contributed by atoms with Crippen LogP contribution in [0.3, 0.4) is 0 Å². The van der Waals surface area contributed by atoms with E-state index in [9.17, 15) is 5.11 Å². The molecule has 0 aliphatic heterocycles.